The Kier molecular flexibility index (Phi) is 8.29. The van der Waals surface area contributed by atoms with Crippen molar-refractivity contribution < 1.29 is 12.8 Å². The molecular formula is C26H35N5O3S2. The number of imidazole rings is 1. The van der Waals surface area contributed by atoms with Gasteiger partial charge in [-0.3, -0.25) is 4.90 Å². The Morgan fingerprint density at radius 3 is 2.64 bits per heavy atom. The van der Waals surface area contributed by atoms with Gasteiger partial charge in [-0.05, 0) is 30.2 Å². The zero-order valence-electron chi connectivity index (χ0n) is 21.5. The Morgan fingerprint density at radius 1 is 1.17 bits per heavy atom. The van der Waals surface area contributed by atoms with Crippen molar-refractivity contribution in [1.82, 2.24) is 24.2 Å². The van der Waals surface area contributed by atoms with Gasteiger partial charge in [0.05, 0.1) is 28.2 Å². The van der Waals surface area contributed by atoms with E-state index in [1.54, 1.807) is 54.4 Å². The summed E-state index contributed by atoms with van der Waals surface area (Å²) in [7, 11) is -1.83. The number of hydrogen-bond acceptors (Lipinski definition) is 7. The van der Waals surface area contributed by atoms with Crippen LogP contribution in [-0.2, 0) is 30.0 Å². The normalized spacial score (nSPS) is 13.4. The lowest BCUT2D eigenvalue weighted by molar-refractivity contribution is 0.214. The minimum absolute atomic E-state index is 0.225. The van der Waals surface area contributed by atoms with E-state index in [9.17, 15) is 8.42 Å². The molecule has 8 nitrogen and oxygen atoms in total. The van der Waals surface area contributed by atoms with Crippen molar-refractivity contribution in [2.24, 2.45) is 13.0 Å². The van der Waals surface area contributed by atoms with E-state index in [-0.39, 0.29) is 10.9 Å². The number of benzene rings is 1. The molecule has 194 valence electrons. The highest BCUT2D eigenvalue weighted by Crippen LogP contribution is 2.22. The fraction of sp³-hybridized carbons (Fsp3) is 0.462. The van der Waals surface area contributed by atoms with Crippen LogP contribution in [0.1, 0.15) is 50.0 Å². The minimum Gasteiger partial charge on any atom is -0.464 e. The fourth-order valence-electron chi connectivity index (χ4n) is 4.30. The number of thiazole rings is 1. The second-order valence-corrected chi connectivity index (χ2v) is 12.7. The third-order valence-corrected chi connectivity index (χ3v) is 8.69. The van der Waals surface area contributed by atoms with Gasteiger partial charge >= 0.3 is 0 Å². The standard InChI is InChI=1S/C26H35N5O3S2/c1-18(2)13-31(15-22-16-35-26(28-22)19(3)4)14-21(11-23-12-27-17-30(23)5)29-36(32,33)24-6-7-25-20(10-24)8-9-34-25/h6-10,12,16-19,21,29H,11,13-15H2,1-5H3/t21-/m0/s1. The number of nitrogens with zero attached hydrogens (tertiary/aromatic N) is 4. The molecule has 0 unspecified atom stereocenters. The van der Waals surface area contributed by atoms with Gasteiger partial charge in [-0.2, -0.15) is 0 Å². The van der Waals surface area contributed by atoms with Crippen LogP contribution in [0.2, 0.25) is 0 Å². The molecule has 4 rings (SSSR count). The number of fused-ring (bicyclic) bond motifs is 1. The number of sulfonamides is 1. The molecule has 36 heavy (non-hydrogen) atoms. The van der Waals surface area contributed by atoms with E-state index in [2.05, 4.69) is 47.7 Å². The van der Waals surface area contributed by atoms with Gasteiger partial charge < -0.3 is 8.98 Å². The summed E-state index contributed by atoms with van der Waals surface area (Å²) in [5.41, 5.74) is 2.65. The Morgan fingerprint density at radius 2 is 1.97 bits per heavy atom. The predicted octanol–water partition coefficient (Wildman–Crippen LogP) is 4.79. The van der Waals surface area contributed by atoms with Crippen molar-refractivity contribution in [2.75, 3.05) is 13.1 Å². The van der Waals surface area contributed by atoms with E-state index < -0.39 is 10.0 Å². The van der Waals surface area contributed by atoms with Crippen molar-refractivity contribution in [1.29, 1.82) is 0 Å². The van der Waals surface area contributed by atoms with Crippen LogP contribution in [0.15, 0.2) is 57.7 Å². The van der Waals surface area contributed by atoms with Gasteiger partial charge in [0.2, 0.25) is 10.0 Å². The molecule has 0 radical (unpaired) electrons. The molecule has 0 aliphatic carbocycles. The number of aryl methyl sites for hydroxylation is 1. The SMILES string of the molecule is CC(C)CN(Cc1csc(C(C)C)n1)C[C@H](Cc1cncn1C)NS(=O)(=O)c1ccc2occc2c1. The lowest BCUT2D eigenvalue weighted by atomic mass is 10.1. The molecule has 1 N–H and O–H groups in total. The average Bonchev–Trinajstić information content (AvgIpc) is 3.54. The molecule has 0 bridgehead atoms. The molecular weight excluding hydrogens is 494 g/mol. The summed E-state index contributed by atoms with van der Waals surface area (Å²) in [5, 5.41) is 3.99. The Bertz CT molecular complexity index is 1390. The molecule has 10 heteroatoms. The number of nitrogens with one attached hydrogen (secondary N) is 1. The average molecular weight is 530 g/mol. The van der Waals surface area contributed by atoms with Gasteiger partial charge in [0, 0.05) is 67.7 Å². The maximum Gasteiger partial charge on any atom is 0.240 e. The van der Waals surface area contributed by atoms with Crippen LogP contribution in [0.3, 0.4) is 0 Å². The second-order valence-electron chi connectivity index (χ2n) is 10.1. The van der Waals surface area contributed by atoms with Crippen LogP contribution in [-0.4, -0.2) is 47.0 Å². The number of furan rings is 1. The van der Waals surface area contributed by atoms with E-state index in [1.807, 2.05) is 11.6 Å². The maximum absolute atomic E-state index is 13.5. The van der Waals surface area contributed by atoms with Crippen LogP contribution >= 0.6 is 11.3 Å². The quantitative estimate of drug-likeness (QED) is 0.284. The summed E-state index contributed by atoms with van der Waals surface area (Å²) in [6.45, 7) is 10.7. The van der Waals surface area contributed by atoms with E-state index >= 15 is 0 Å². The van der Waals surface area contributed by atoms with Gasteiger partial charge in [0.25, 0.3) is 0 Å². The fourth-order valence-corrected chi connectivity index (χ4v) is 6.39. The van der Waals surface area contributed by atoms with Gasteiger partial charge in [-0.15, -0.1) is 11.3 Å². The second kappa shape index (κ2) is 11.2. The van der Waals surface area contributed by atoms with Crippen molar-refractivity contribution >= 4 is 32.3 Å². The molecule has 3 heterocycles. The summed E-state index contributed by atoms with van der Waals surface area (Å²) in [6, 6.07) is 6.35. The zero-order valence-corrected chi connectivity index (χ0v) is 23.1. The highest BCUT2D eigenvalue weighted by Gasteiger charge is 2.25. The van der Waals surface area contributed by atoms with Crippen molar-refractivity contribution in [2.45, 2.75) is 57.5 Å². The van der Waals surface area contributed by atoms with Crippen LogP contribution in [0.25, 0.3) is 11.0 Å². The molecule has 0 spiro atoms. The minimum atomic E-state index is -3.76. The summed E-state index contributed by atoms with van der Waals surface area (Å²) in [5.74, 6) is 0.810. The molecule has 0 saturated carbocycles. The third kappa shape index (κ3) is 6.61. The molecule has 3 aromatic heterocycles. The monoisotopic (exact) mass is 529 g/mol. The van der Waals surface area contributed by atoms with Gasteiger partial charge in [0.1, 0.15) is 5.58 Å². The van der Waals surface area contributed by atoms with Crippen molar-refractivity contribution in [3.05, 3.63) is 64.8 Å². The van der Waals surface area contributed by atoms with Crippen molar-refractivity contribution in [3.63, 3.8) is 0 Å². The molecule has 0 aliphatic heterocycles. The highest BCUT2D eigenvalue weighted by atomic mass is 32.2. The van der Waals surface area contributed by atoms with Crippen LogP contribution in [0.4, 0.5) is 0 Å². The summed E-state index contributed by atoms with van der Waals surface area (Å²) in [4.78, 5) is 11.6. The maximum atomic E-state index is 13.5. The first-order valence-corrected chi connectivity index (χ1v) is 14.6. The summed E-state index contributed by atoms with van der Waals surface area (Å²) >= 11 is 1.68. The first-order valence-electron chi connectivity index (χ1n) is 12.2. The molecule has 0 fully saturated rings. The Labute approximate surface area is 217 Å². The molecule has 0 aliphatic rings. The zero-order chi connectivity index (χ0) is 25.9. The first-order chi connectivity index (χ1) is 17.1. The third-order valence-electron chi connectivity index (χ3n) is 5.98. The van der Waals surface area contributed by atoms with Gasteiger partial charge in [0.15, 0.2) is 0 Å². The largest absolute Gasteiger partial charge is 0.464 e. The van der Waals surface area contributed by atoms with Crippen LogP contribution in [0, 0.1) is 5.92 Å². The highest BCUT2D eigenvalue weighted by molar-refractivity contribution is 7.89. The van der Waals surface area contributed by atoms with Crippen molar-refractivity contribution in [3.8, 4) is 0 Å². The molecule has 0 saturated heterocycles. The predicted molar refractivity (Wildman–Crippen MR) is 144 cm³/mol. The smallest absolute Gasteiger partial charge is 0.240 e. The van der Waals surface area contributed by atoms with Gasteiger partial charge in [-0.25, -0.2) is 23.1 Å². The summed E-state index contributed by atoms with van der Waals surface area (Å²) < 4.78 is 37.2. The first kappa shape index (κ1) is 26.5. The van der Waals surface area contributed by atoms with E-state index in [1.165, 1.54) is 0 Å². The molecule has 0 amide bonds. The van der Waals surface area contributed by atoms with Crippen LogP contribution in [0.5, 0.6) is 0 Å². The molecule has 1 aromatic carbocycles. The Balaban J connectivity index is 1.59. The molecule has 1 atom stereocenters. The van der Waals surface area contributed by atoms with E-state index in [0.717, 1.165) is 28.3 Å². The van der Waals surface area contributed by atoms with E-state index in [4.69, 9.17) is 9.40 Å². The lowest BCUT2D eigenvalue weighted by Gasteiger charge is -2.29. The number of hydrogen-bond donors (Lipinski definition) is 1. The molecule has 4 aromatic rings. The lowest BCUT2D eigenvalue weighted by Crippen LogP contribution is -2.46. The number of aromatic nitrogens is 3. The van der Waals surface area contributed by atoms with Gasteiger partial charge in [-0.1, -0.05) is 27.7 Å². The number of rotatable bonds is 12. The summed E-state index contributed by atoms with van der Waals surface area (Å²) in [6.07, 6.45) is 5.61. The van der Waals surface area contributed by atoms with Crippen LogP contribution < -0.4 is 4.72 Å². The Hall–Kier alpha value is -2.53. The van der Waals surface area contributed by atoms with E-state index in [0.29, 0.717) is 36.9 Å². The topological polar surface area (TPSA) is 93.3 Å².